The fourth-order valence-corrected chi connectivity index (χ4v) is 2.04. The van der Waals surface area contributed by atoms with Gasteiger partial charge >= 0.3 is 0 Å². The molecule has 0 bridgehead atoms. The van der Waals surface area contributed by atoms with Crippen LogP contribution >= 0.6 is 0 Å². The zero-order valence-electron chi connectivity index (χ0n) is 11.5. The van der Waals surface area contributed by atoms with Crippen molar-refractivity contribution in [3.63, 3.8) is 0 Å². The number of nitrogen functional groups attached to an aromatic ring is 1. The van der Waals surface area contributed by atoms with E-state index in [0.717, 1.165) is 22.4 Å². The summed E-state index contributed by atoms with van der Waals surface area (Å²) in [7, 11) is 0. The summed E-state index contributed by atoms with van der Waals surface area (Å²) in [6.45, 7) is 3.99. The van der Waals surface area contributed by atoms with Gasteiger partial charge in [-0.3, -0.25) is 0 Å². The normalized spacial score (nSPS) is 11.2. The lowest BCUT2D eigenvalue weighted by molar-refractivity contribution is 0.242. The van der Waals surface area contributed by atoms with Gasteiger partial charge in [-0.25, -0.2) is 4.98 Å². The third-order valence-electron chi connectivity index (χ3n) is 2.86. The minimum Gasteiger partial charge on any atom is -0.491 e. The van der Waals surface area contributed by atoms with Crippen LogP contribution in [0.5, 0.6) is 5.75 Å². The Morgan fingerprint density at radius 2 is 2.00 bits per heavy atom. The van der Waals surface area contributed by atoms with Crippen LogP contribution < -0.4 is 10.5 Å². The molecular weight excluding hydrogens is 252 g/mol. The van der Waals surface area contributed by atoms with Crippen molar-refractivity contribution in [2.75, 3.05) is 5.73 Å². The number of fused-ring (bicyclic) bond motifs is 1. The van der Waals surface area contributed by atoms with Crippen molar-refractivity contribution in [1.82, 2.24) is 4.98 Å². The Balaban J connectivity index is 2.01. The molecule has 0 aliphatic rings. The van der Waals surface area contributed by atoms with Crippen LogP contribution in [0.25, 0.3) is 22.6 Å². The highest BCUT2D eigenvalue weighted by Crippen LogP contribution is 2.28. The van der Waals surface area contributed by atoms with Crippen molar-refractivity contribution < 1.29 is 9.15 Å². The molecule has 20 heavy (non-hydrogen) atoms. The lowest BCUT2D eigenvalue weighted by atomic mass is 10.2. The zero-order valence-corrected chi connectivity index (χ0v) is 11.5. The molecule has 4 heteroatoms. The number of nitrogens with two attached hydrogens (primary N) is 1. The van der Waals surface area contributed by atoms with Gasteiger partial charge in [0.2, 0.25) is 5.89 Å². The van der Waals surface area contributed by atoms with Crippen molar-refractivity contribution in [2.24, 2.45) is 0 Å². The van der Waals surface area contributed by atoms with Gasteiger partial charge in [0.05, 0.1) is 6.10 Å². The number of nitrogens with zero attached hydrogens (tertiary/aromatic N) is 1. The van der Waals surface area contributed by atoms with Crippen molar-refractivity contribution in [3.8, 4) is 17.2 Å². The quantitative estimate of drug-likeness (QED) is 0.732. The van der Waals surface area contributed by atoms with E-state index < -0.39 is 0 Å². The second-order valence-corrected chi connectivity index (χ2v) is 4.94. The maximum Gasteiger partial charge on any atom is 0.227 e. The van der Waals surface area contributed by atoms with Gasteiger partial charge in [-0.05, 0) is 50.2 Å². The Hall–Kier alpha value is -2.49. The van der Waals surface area contributed by atoms with Gasteiger partial charge < -0.3 is 14.9 Å². The monoisotopic (exact) mass is 268 g/mol. The SMILES string of the molecule is CC(C)Oc1cccc(-c2nc3cc(N)ccc3o2)c1. The van der Waals surface area contributed by atoms with E-state index >= 15 is 0 Å². The second-order valence-electron chi connectivity index (χ2n) is 4.94. The molecule has 2 aromatic carbocycles. The average Bonchev–Trinajstić information content (AvgIpc) is 2.81. The molecule has 1 heterocycles. The summed E-state index contributed by atoms with van der Waals surface area (Å²) in [5.41, 5.74) is 8.80. The van der Waals surface area contributed by atoms with Crippen molar-refractivity contribution >= 4 is 16.8 Å². The third-order valence-corrected chi connectivity index (χ3v) is 2.86. The topological polar surface area (TPSA) is 61.3 Å². The molecule has 0 unspecified atom stereocenters. The predicted molar refractivity (Wildman–Crippen MR) is 79.6 cm³/mol. The summed E-state index contributed by atoms with van der Waals surface area (Å²) < 4.78 is 11.4. The first-order valence-electron chi connectivity index (χ1n) is 6.55. The summed E-state index contributed by atoms with van der Waals surface area (Å²) in [5.74, 6) is 1.37. The molecule has 4 nitrogen and oxygen atoms in total. The average molecular weight is 268 g/mol. The maximum absolute atomic E-state index is 5.75. The van der Waals surface area contributed by atoms with E-state index in [4.69, 9.17) is 14.9 Å². The number of benzene rings is 2. The van der Waals surface area contributed by atoms with Gasteiger partial charge in [-0.1, -0.05) is 6.07 Å². The molecule has 3 aromatic rings. The minimum atomic E-state index is 0.133. The fraction of sp³-hybridized carbons (Fsp3) is 0.188. The standard InChI is InChI=1S/C16H16N2O2/c1-10(2)19-13-5-3-4-11(8-13)16-18-14-9-12(17)6-7-15(14)20-16/h3-10H,17H2,1-2H3. The molecule has 0 radical (unpaired) electrons. The highest BCUT2D eigenvalue weighted by Gasteiger charge is 2.09. The lowest BCUT2D eigenvalue weighted by Gasteiger charge is -2.09. The molecule has 0 atom stereocenters. The van der Waals surface area contributed by atoms with Crippen molar-refractivity contribution in [1.29, 1.82) is 0 Å². The molecule has 0 spiro atoms. The number of aromatic nitrogens is 1. The van der Waals surface area contributed by atoms with Crippen LogP contribution in [0.15, 0.2) is 46.9 Å². The van der Waals surface area contributed by atoms with E-state index in [0.29, 0.717) is 11.6 Å². The Morgan fingerprint density at radius 3 is 2.80 bits per heavy atom. The van der Waals surface area contributed by atoms with Gasteiger partial charge in [0.1, 0.15) is 11.3 Å². The Labute approximate surface area is 117 Å². The van der Waals surface area contributed by atoms with E-state index in [9.17, 15) is 0 Å². The van der Waals surface area contributed by atoms with Gasteiger partial charge in [-0.15, -0.1) is 0 Å². The number of rotatable bonds is 3. The van der Waals surface area contributed by atoms with Gasteiger partial charge in [0.15, 0.2) is 5.58 Å². The lowest BCUT2D eigenvalue weighted by Crippen LogP contribution is -2.05. The van der Waals surface area contributed by atoms with Crippen LogP contribution in [0, 0.1) is 0 Å². The number of hydrogen-bond donors (Lipinski definition) is 1. The van der Waals surface area contributed by atoms with Crippen LogP contribution in [0.1, 0.15) is 13.8 Å². The highest BCUT2D eigenvalue weighted by molar-refractivity contribution is 5.79. The molecule has 0 fully saturated rings. The minimum absolute atomic E-state index is 0.133. The molecule has 3 rings (SSSR count). The van der Waals surface area contributed by atoms with Crippen molar-refractivity contribution in [3.05, 3.63) is 42.5 Å². The number of ether oxygens (including phenoxy) is 1. The second kappa shape index (κ2) is 4.89. The first-order valence-corrected chi connectivity index (χ1v) is 6.55. The molecule has 0 aliphatic heterocycles. The number of oxazole rings is 1. The molecule has 102 valence electrons. The smallest absolute Gasteiger partial charge is 0.227 e. The highest BCUT2D eigenvalue weighted by atomic mass is 16.5. The molecule has 0 saturated carbocycles. The van der Waals surface area contributed by atoms with E-state index in [1.54, 1.807) is 12.1 Å². The van der Waals surface area contributed by atoms with Gasteiger partial charge in [-0.2, -0.15) is 0 Å². The summed E-state index contributed by atoms with van der Waals surface area (Å²) in [6, 6.07) is 13.2. The Bertz CT molecular complexity index is 747. The first-order chi connectivity index (χ1) is 9.61. The fourth-order valence-electron chi connectivity index (χ4n) is 2.04. The molecule has 2 N–H and O–H groups in total. The van der Waals surface area contributed by atoms with Gasteiger partial charge in [0.25, 0.3) is 0 Å². The van der Waals surface area contributed by atoms with E-state index in [1.807, 2.05) is 44.2 Å². The predicted octanol–water partition coefficient (Wildman–Crippen LogP) is 3.86. The molecular formula is C16H16N2O2. The third kappa shape index (κ3) is 2.45. The Morgan fingerprint density at radius 1 is 1.15 bits per heavy atom. The summed E-state index contributed by atoms with van der Waals surface area (Å²) in [6.07, 6.45) is 0.133. The molecule has 0 amide bonds. The molecule has 1 aromatic heterocycles. The zero-order chi connectivity index (χ0) is 14.1. The summed E-state index contributed by atoms with van der Waals surface area (Å²) >= 11 is 0. The van der Waals surface area contributed by atoms with Gasteiger partial charge in [0, 0.05) is 11.3 Å². The number of anilines is 1. The van der Waals surface area contributed by atoms with Crippen molar-refractivity contribution in [2.45, 2.75) is 20.0 Å². The van der Waals surface area contributed by atoms with Crippen LogP contribution in [0.4, 0.5) is 5.69 Å². The van der Waals surface area contributed by atoms with E-state index in [-0.39, 0.29) is 6.10 Å². The summed E-state index contributed by atoms with van der Waals surface area (Å²) in [5, 5.41) is 0. The van der Waals surface area contributed by atoms with Crippen LogP contribution in [-0.4, -0.2) is 11.1 Å². The molecule has 0 aliphatic carbocycles. The van der Waals surface area contributed by atoms with E-state index in [1.165, 1.54) is 0 Å². The van der Waals surface area contributed by atoms with E-state index in [2.05, 4.69) is 4.98 Å². The number of hydrogen-bond acceptors (Lipinski definition) is 4. The Kier molecular flexibility index (Phi) is 3.06. The first kappa shape index (κ1) is 12.5. The van der Waals surface area contributed by atoms with Crippen LogP contribution in [0.2, 0.25) is 0 Å². The molecule has 0 saturated heterocycles. The summed E-state index contributed by atoms with van der Waals surface area (Å²) in [4.78, 5) is 4.46. The van der Waals surface area contributed by atoms with Crippen LogP contribution in [-0.2, 0) is 0 Å². The van der Waals surface area contributed by atoms with Crippen LogP contribution in [0.3, 0.4) is 0 Å². The maximum atomic E-state index is 5.75. The largest absolute Gasteiger partial charge is 0.491 e.